The third-order valence-corrected chi connectivity index (χ3v) is 11.9. The summed E-state index contributed by atoms with van der Waals surface area (Å²) < 4.78 is 0. The Morgan fingerprint density at radius 2 is 0.962 bits per heavy atom. The van der Waals surface area contributed by atoms with Crippen LogP contribution in [0.4, 0.5) is 0 Å². The molecule has 1 saturated heterocycles. The molecule has 1 aromatic carbocycles. The molecule has 436 valence electrons. The second kappa shape index (κ2) is 31.9. The first-order chi connectivity index (χ1) is 36.9. The lowest BCUT2D eigenvalue weighted by Gasteiger charge is -2.31. The number of phenols is 1. The van der Waals surface area contributed by atoms with Gasteiger partial charge in [0, 0.05) is 38.6 Å². The maximum atomic E-state index is 14.3. The van der Waals surface area contributed by atoms with Gasteiger partial charge in [0.05, 0.1) is 25.0 Å². The molecule has 0 spiro atoms. The van der Waals surface area contributed by atoms with Crippen LogP contribution in [-0.2, 0) is 78.3 Å². The summed E-state index contributed by atoms with van der Waals surface area (Å²) in [5.41, 5.74) is 27.1. The predicted molar refractivity (Wildman–Crippen MR) is 266 cm³/mol. The Morgan fingerprint density at radius 3 is 1.42 bits per heavy atom. The van der Waals surface area contributed by atoms with E-state index in [2.05, 4.69) is 37.2 Å². The molecule has 1 aliphatic heterocycles. The number of hydrogen-bond donors (Lipinski definition) is 17. The highest BCUT2D eigenvalue weighted by Crippen LogP contribution is 2.21. The minimum Gasteiger partial charge on any atom is -0.508 e. The molecule has 2 rings (SSSR count). The monoisotopic (exact) mass is 1120 g/mol. The molecular formula is C46H67N13O20. The average Bonchev–Trinajstić information content (AvgIpc) is 3.85. The van der Waals surface area contributed by atoms with Gasteiger partial charge in [-0.05, 0) is 63.1 Å². The number of nitrogens with one attached hydrogen (secondary N) is 7. The van der Waals surface area contributed by atoms with Crippen LogP contribution in [-0.4, -0.2) is 186 Å². The van der Waals surface area contributed by atoms with E-state index >= 15 is 0 Å². The highest BCUT2D eigenvalue weighted by Gasteiger charge is 2.41. The highest BCUT2D eigenvalue weighted by atomic mass is 16.4. The zero-order chi connectivity index (χ0) is 59.8. The largest absolute Gasteiger partial charge is 0.508 e. The van der Waals surface area contributed by atoms with Crippen LogP contribution in [0.15, 0.2) is 24.3 Å². The number of carbonyl (C=O) groups is 15. The standard InChI is InChI=1S/C46H67N13O20/c1-20(60)37(46(78)79)58-43(75)27(17-21-4-6-22(61)7-5-21)57-44(76)30-3-2-16-59(30)45(77)26(11-15-36(68)69)54-39(71)25(10-14-35(66)67)53-41(73)28(18-33(50)64)56-42(74)29(19-34(51)65)55-40(72)24(9-13-32(49)63)52-38(70)23(47)8-12-31(48)62/h4-7,20,23-30,37,60-61H,2-3,8-19,47H2,1H3,(H2,48,62)(H2,49,63)(H2,50,64)(H2,51,65)(H,52,70)(H,53,73)(H,54,71)(H,55,72)(H,56,74)(H,57,76)(H,58,75)(H,66,67)(H,68,69)(H,78,79)/t20-,23+,24+,25+,26+,27+,28+,29+,30+,37+/m1/s1. The van der Waals surface area contributed by atoms with Crippen LogP contribution < -0.4 is 65.9 Å². The zero-order valence-electron chi connectivity index (χ0n) is 42.7. The molecule has 1 fully saturated rings. The number of nitrogens with two attached hydrogens (primary N) is 5. The fraction of sp³-hybridized carbons (Fsp3) is 0.543. The maximum Gasteiger partial charge on any atom is 0.328 e. The molecule has 0 bridgehead atoms. The van der Waals surface area contributed by atoms with Crippen molar-refractivity contribution in [3.63, 3.8) is 0 Å². The molecule has 10 atom stereocenters. The summed E-state index contributed by atoms with van der Waals surface area (Å²) in [5.74, 6) is -18.6. The molecule has 1 aliphatic rings. The van der Waals surface area contributed by atoms with Gasteiger partial charge in [-0.3, -0.25) is 67.1 Å². The Hall–Kier alpha value is -9.01. The number of phenolic OH excluding ortho intramolecular Hbond substituents is 1. The van der Waals surface area contributed by atoms with Gasteiger partial charge in [-0.2, -0.15) is 0 Å². The van der Waals surface area contributed by atoms with Crippen molar-refractivity contribution < 1.29 is 97.5 Å². The molecule has 33 heteroatoms. The van der Waals surface area contributed by atoms with E-state index in [1.807, 2.05) is 0 Å². The van der Waals surface area contributed by atoms with E-state index in [1.54, 1.807) is 0 Å². The van der Waals surface area contributed by atoms with E-state index < -0.39 is 201 Å². The van der Waals surface area contributed by atoms with Crippen molar-refractivity contribution >= 4 is 88.8 Å². The number of aliphatic carboxylic acids is 3. The van der Waals surface area contributed by atoms with Crippen molar-refractivity contribution in [3.05, 3.63) is 29.8 Å². The number of aliphatic hydroxyl groups excluding tert-OH is 1. The maximum absolute atomic E-state index is 14.3. The normalized spacial score (nSPS) is 16.2. The highest BCUT2D eigenvalue weighted by molar-refractivity contribution is 6.00. The zero-order valence-corrected chi connectivity index (χ0v) is 42.7. The fourth-order valence-electron chi connectivity index (χ4n) is 7.73. The molecule has 0 radical (unpaired) electrons. The third-order valence-electron chi connectivity index (χ3n) is 11.9. The molecule has 1 heterocycles. The van der Waals surface area contributed by atoms with Crippen molar-refractivity contribution in [2.75, 3.05) is 6.54 Å². The van der Waals surface area contributed by atoms with E-state index in [4.69, 9.17) is 28.7 Å². The number of primary amides is 4. The molecule has 33 nitrogen and oxygen atoms in total. The first kappa shape index (κ1) is 66.1. The SMILES string of the molecule is C[C@@H](O)[C@H](NC(=O)[C@H](Cc1ccc(O)cc1)NC(=O)[C@@H]1CCCN1C(=O)[C@H](CCC(=O)O)NC(=O)[C@H](CCC(=O)O)NC(=O)[C@H](CC(N)=O)NC(=O)[C@H](CC(N)=O)NC(=O)[C@H](CCC(N)=O)NC(=O)[C@@H](N)CCC(N)=O)C(=O)O. The molecule has 79 heavy (non-hydrogen) atoms. The Balaban J connectivity index is 2.46. The lowest BCUT2D eigenvalue weighted by Crippen LogP contribution is -2.61. The summed E-state index contributed by atoms with van der Waals surface area (Å²) in [6.45, 7) is 0.904. The van der Waals surface area contributed by atoms with E-state index in [-0.39, 0.29) is 44.4 Å². The number of hydrogen-bond acceptors (Lipinski definition) is 18. The number of nitrogens with zero attached hydrogens (tertiary/aromatic N) is 1. The second-order valence-corrected chi connectivity index (χ2v) is 18.3. The van der Waals surface area contributed by atoms with Gasteiger partial charge in [-0.1, -0.05) is 12.1 Å². The molecular weight excluding hydrogens is 1050 g/mol. The van der Waals surface area contributed by atoms with Gasteiger partial charge in [-0.15, -0.1) is 0 Å². The number of carboxylic acid groups (broad SMARTS) is 3. The van der Waals surface area contributed by atoms with Crippen molar-refractivity contribution in [2.45, 2.75) is 151 Å². The average molecular weight is 1120 g/mol. The minimum atomic E-state index is -2.10. The molecule has 0 aromatic heterocycles. The third kappa shape index (κ3) is 23.4. The first-order valence-corrected chi connectivity index (χ1v) is 24.3. The summed E-state index contributed by atoms with van der Waals surface area (Å²) in [7, 11) is 0. The van der Waals surface area contributed by atoms with Crippen LogP contribution >= 0.6 is 0 Å². The van der Waals surface area contributed by atoms with Gasteiger partial charge in [0.1, 0.15) is 48.0 Å². The quantitative estimate of drug-likeness (QED) is 0.0300. The van der Waals surface area contributed by atoms with Crippen molar-refractivity contribution in [1.29, 1.82) is 0 Å². The number of carboxylic acids is 3. The van der Waals surface area contributed by atoms with Gasteiger partial charge < -0.3 is 96.3 Å². The number of aliphatic hydroxyl groups is 1. The number of carbonyl (C=O) groups excluding carboxylic acids is 12. The van der Waals surface area contributed by atoms with Gasteiger partial charge in [-0.25, -0.2) is 4.79 Å². The summed E-state index contributed by atoms with van der Waals surface area (Å²) in [6, 6.07) is -10.5. The number of amides is 12. The molecule has 22 N–H and O–H groups in total. The number of aromatic hydroxyl groups is 1. The molecule has 1 aromatic rings. The van der Waals surface area contributed by atoms with Gasteiger partial charge in [0.25, 0.3) is 0 Å². The topological polar surface area (TPSA) is 575 Å². The summed E-state index contributed by atoms with van der Waals surface area (Å²) in [5, 5.41) is 63.8. The number of rotatable bonds is 35. The van der Waals surface area contributed by atoms with Crippen molar-refractivity contribution in [1.82, 2.24) is 42.1 Å². The Labute approximate surface area is 449 Å². The van der Waals surface area contributed by atoms with Crippen LogP contribution in [0.2, 0.25) is 0 Å². The Bertz CT molecular complexity index is 2460. The summed E-state index contributed by atoms with van der Waals surface area (Å²) >= 11 is 0. The smallest absolute Gasteiger partial charge is 0.328 e. The molecule has 0 aliphatic carbocycles. The van der Waals surface area contributed by atoms with Crippen LogP contribution in [0, 0.1) is 0 Å². The molecule has 12 amide bonds. The van der Waals surface area contributed by atoms with Crippen LogP contribution in [0.5, 0.6) is 5.75 Å². The fourth-order valence-corrected chi connectivity index (χ4v) is 7.73. The number of benzene rings is 1. The van der Waals surface area contributed by atoms with E-state index in [1.165, 1.54) is 24.3 Å². The molecule has 0 saturated carbocycles. The van der Waals surface area contributed by atoms with Crippen molar-refractivity contribution in [3.8, 4) is 5.75 Å². The van der Waals surface area contributed by atoms with E-state index in [0.717, 1.165) is 11.8 Å². The van der Waals surface area contributed by atoms with Crippen LogP contribution in [0.1, 0.15) is 89.5 Å². The van der Waals surface area contributed by atoms with Crippen molar-refractivity contribution in [2.24, 2.45) is 28.7 Å². The van der Waals surface area contributed by atoms with Gasteiger partial charge in [0.15, 0.2) is 6.04 Å². The molecule has 0 unspecified atom stereocenters. The number of likely N-dealkylation sites (tertiary alicyclic amines) is 1. The lowest BCUT2D eigenvalue weighted by molar-refractivity contribution is -0.146. The summed E-state index contributed by atoms with van der Waals surface area (Å²) in [6.07, 6.45) is -8.67. The van der Waals surface area contributed by atoms with Crippen LogP contribution in [0.25, 0.3) is 0 Å². The minimum absolute atomic E-state index is 0.0643. The lowest BCUT2D eigenvalue weighted by atomic mass is 10.0. The predicted octanol–water partition coefficient (Wildman–Crippen LogP) is -7.88. The van der Waals surface area contributed by atoms with Crippen LogP contribution in [0.3, 0.4) is 0 Å². The van der Waals surface area contributed by atoms with Gasteiger partial charge in [0.2, 0.25) is 70.9 Å². The van der Waals surface area contributed by atoms with E-state index in [9.17, 15) is 97.5 Å². The van der Waals surface area contributed by atoms with E-state index in [0.29, 0.717) is 5.56 Å². The Morgan fingerprint density at radius 1 is 0.544 bits per heavy atom. The first-order valence-electron chi connectivity index (χ1n) is 24.3. The second-order valence-electron chi connectivity index (χ2n) is 18.3. The summed E-state index contributed by atoms with van der Waals surface area (Å²) in [4.78, 5) is 193. The Kier molecular flexibility index (Phi) is 26.7. The van der Waals surface area contributed by atoms with Gasteiger partial charge >= 0.3 is 17.9 Å².